The molecule has 0 aliphatic carbocycles. The molecule has 0 amide bonds. The summed E-state index contributed by atoms with van der Waals surface area (Å²) in [6, 6.07) is 12.1. The van der Waals surface area contributed by atoms with Crippen LogP contribution in [-0.2, 0) is 4.74 Å². The van der Waals surface area contributed by atoms with Crippen LogP contribution in [0.2, 0.25) is 0 Å². The third kappa shape index (κ3) is 8.00. The highest BCUT2D eigenvalue weighted by atomic mass is 19.2. The number of unbranched alkanes of at least 4 members (excludes halogenated alkanes) is 5. The van der Waals surface area contributed by atoms with Gasteiger partial charge in [0, 0.05) is 16.7 Å². The van der Waals surface area contributed by atoms with Gasteiger partial charge in [0.05, 0.1) is 19.3 Å². The summed E-state index contributed by atoms with van der Waals surface area (Å²) in [5, 5.41) is 0. The van der Waals surface area contributed by atoms with Crippen molar-refractivity contribution in [2.75, 3.05) is 13.2 Å². The topological polar surface area (TPSA) is 18.5 Å². The predicted molar refractivity (Wildman–Crippen MR) is 158 cm³/mol. The summed E-state index contributed by atoms with van der Waals surface area (Å²) in [6.07, 6.45) is 14.2. The van der Waals surface area contributed by atoms with E-state index in [0.717, 1.165) is 12.8 Å². The molecule has 2 atom stereocenters. The van der Waals surface area contributed by atoms with Gasteiger partial charge in [-0.05, 0) is 55.4 Å². The molecule has 2 unspecified atom stereocenters. The van der Waals surface area contributed by atoms with Gasteiger partial charge in [-0.1, -0.05) is 94.0 Å². The van der Waals surface area contributed by atoms with Gasteiger partial charge in [-0.25, -0.2) is 13.2 Å². The Morgan fingerprint density at radius 3 is 2.00 bits per heavy atom. The highest BCUT2D eigenvalue weighted by Crippen LogP contribution is 2.33. The molecule has 0 radical (unpaired) electrons. The fourth-order valence-electron chi connectivity index (χ4n) is 5.40. The first-order valence-corrected chi connectivity index (χ1v) is 14.9. The van der Waals surface area contributed by atoms with Crippen molar-refractivity contribution in [3.8, 4) is 28.0 Å². The average Bonchev–Trinajstić information content (AvgIpc) is 2.99. The quantitative estimate of drug-likeness (QED) is 0.151. The van der Waals surface area contributed by atoms with Crippen LogP contribution in [0.5, 0.6) is 5.75 Å². The van der Waals surface area contributed by atoms with Crippen molar-refractivity contribution in [1.29, 1.82) is 0 Å². The van der Waals surface area contributed by atoms with Gasteiger partial charge in [-0.15, -0.1) is 0 Å². The van der Waals surface area contributed by atoms with Gasteiger partial charge in [-0.3, -0.25) is 0 Å². The van der Waals surface area contributed by atoms with Gasteiger partial charge < -0.3 is 9.47 Å². The molecule has 1 aliphatic heterocycles. The highest BCUT2D eigenvalue weighted by Gasteiger charge is 2.21. The number of benzene rings is 3. The normalized spacial score (nSPS) is 17.3. The van der Waals surface area contributed by atoms with Crippen LogP contribution in [0.1, 0.15) is 77.2 Å². The molecular weight excluding hydrogens is 528 g/mol. The van der Waals surface area contributed by atoms with Gasteiger partial charge in [0.15, 0.2) is 23.2 Å². The molecule has 4 rings (SSSR count). The molecule has 6 heteroatoms. The maximum atomic E-state index is 15.1. The standard InChI is InChI=1S/C35H40F4O2/c1-3-5-6-7-8-9-10-24-11-18-28(41-23-24)19-16-27-17-20-29(33(37)32(27)36)25-12-14-26(15-13-25)30-21-22-31(40-4-2)35(39)34(30)38/h12-17,19-22,24,28H,3-11,18,23H2,1-2H3. The molecular formula is C35H40F4O2. The largest absolute Gasteiger partial charge is 0.491 e. The summed E-state index contributed by atoms with van der Waals surface area (Å²) >= 11 is 0. The van der Waals surface area contributed by atoms with Crippen molar-refractivity contribution < 1.29 is 27.0 Å². The van der Waals surface area contributed by atoms with Gasteiger partial charge >= 0.3 is 0 Å². The average molecular weight is 569 g/mol. The molecule has 1 aliphatic rings. The molecule has 3 aromatic carbocycles. The van der Waals surface area contributed by atoms with Gasteiger partial charge in [0.25, 0.3) is 0 Å². The van der Waals surface area contributed by atoms with Crippen LogP contribution in [0.3, 0.4) is 0 Å². The van der Waals surface area contributed by atoms with Crippen molar-refractivity contribution in [3.63, 3.8) is 0 Å². The summed E-state index contributed by atoms with van der Waals surface area (Å²) in [5.74, 6) is -3.54. The molecule has 1 heterocycles. The van der Waals surface area contributed by atoms with Crippen LogP contribution in [0.25, 0.3) is 28.3 Å². The van der Waals surface area contributed by atoms with Crippen LogP contribution in [-0.4, -0.2) is 19.3 Å². The third-order valence-electron chi connectivity index (χ3n) is 7.83. The number of rotatable bonds is 13. The first kappa shape index (κ1) is 30.8. The van der Waals surface area contributed by atoms with Crippen molar-refractivity contribution >= 4 is 6.08 Å². The van der Waals surface area contributed by atoms with E-state index >= 15 is 4.39 Å². The van der Waals surface area contributed by atoms with Crippen LogP contribution in [0.4, 0.5) is 17.6 Å². The van der Waals surface area contributed by atoms with Crippen molar-refractivity contribution in [2.24, 2.45) is 5.92 Å². The lowest BCUT2D eigenvalue weighted by atomic mass is 9.92. The van der Waals surface area contributed by atoms with Crippen molar-refractivity contribution in [2.45, 2.75) is 77.7 Å². The van der Waals surface area contributed by atoms with E-state index in [1.54, 1.807) is 43.3 Å². The van der Waals surface area contributed by atoms with Crippen LogP contribution >= 0.6 is 0 Å². The van der Waals surface area contributed by atoms with Crippen molar-refractivity contribution in [1.82, 2.24) is 0 Å². The fourth-order valence-corrected chi connectivity index (χ4v) is 5.40. The number of halogens is 4. The maximum Gasteiger partial charge on any atom is 0.201 e. The summed E-state index contributed by atoms with van der Waals surface area (Å²) in [5.41, 5.74) is 1.15. The molecule has 0 bridgehead atoms. The minimum absolute atomic E-state index is 0.0586. The first-order valence-electron chi connectivity index (χ1n) is 14.9. The Bertz CT molecular complexity index is 1290. The molecule has 0 aromatic heterocycles. The molecule has 41 heavy (non-hydrogen) atoms. The van der Waals surface area contributed by atoms with E-state index in [2.05, 4.69) is 6.92 Å². The number of hydrogen-bond acceptors (Lipinski definition) is 2. The SMILES string of the molecule is CCCCCCCCC1CCC(C=Cc2ccc(-c3ccc(-c4ccc(OCC)c(F)c4F)cc3)c(F)c2F)OC1. The lowest BCUT2D eigenvalue weighted by Gasteiger charge is -2.27. The fraction of sp³-hybridized carbons (Fsp3) is 0.429. The van der Waals surface area contributed by atoms with Crippen LogP contribution in [0.15, 0.2) is 54.6 Å². The van der Waals surface area contributed by atoms with Gasteiger partial charge in [0.2, 0.25) is 5.82 Å². The van der Waals surface area contributed by atoms with E-state index in [9.17, 15) is 13.2 Å². The molecule has 220 valence electrons. The highest BCUT2D eigenvalue weighted by molar-refractivity contribution is 5.72. The molecule has 1 fully saturated rings. The van der Waals surface area contributed by atoms with E-state index in [1.807, 2.05) is 6.08 Å². The van der Waals surface area contributed by atoms with E-state index in [4.69, 9.17) is 9.47 Å². The summed E-state index contributed by atoms with van der Waals surface area (Å²) < 4.78 is 70.0. The number of ether oxygens (including phenoxy) is 2. The summed E-state index contributed by atoms with van der Waals surface area (Å²) in [7, 11) is 0. The third-order valence-corrected chi connectivity index (χ3v) is 7.83. The van der Waals surface area contributed by atoms with E-state index < -0.39 is 23.3 Å². The Morgan fingerprint density at radius 1 is 0.732 bits per heavy atom. The van der Waals surface area contributed by atoms with E-state index in [1.165, 1.54) is 63.1 Å². The minimum Gasteiger partial charge on any atom is -0.491 e. The lowest BCUT2D eigenvalue weighted by molar-refractivity contribution is 0.00824. The van der Waals surface area contributed by atoms with E-state index in [0.29, 0.717) is 23.7 Å². The second-order valence-electron chi connectivity index (χ2n) is 10.8. The van der Waals surface area contributed by atoms with E-state index in [-0.39, 0.29) is 35.2 Å². The Morgan fingerprint density at radius 2 is 1.37 bits per heavy atom. The first-order chi connectivity index (χ1) is 19.9. The number of hydrogen-bond donors (Lipinski definition) is 0. The Labute approximate surface area is 241 Å². The molecule has 2 nitrogen and oxygen atoms in total. The Hall–Kier alpha value is -3.12. The zero-order valence-electron chi connectivity index (χ0n) is 24.0. The maximum absolute atomic E-state index is 15.1. The molecule has 0 saturated carbocycles. The van der Waals surface area contributed by atoms with Crippen LogP contribution in [0, 0.1) is 29.2 Å². The minimum atomic E-state index is -1.06. The lowest BCUT2D eigenvalue weighted by Crippen LogP contribution is -2.24. The summed E-state index contributed by atoms with van der Waals surface area (Å²) in [6.45, 7) is 4.84. The van der Waals surface area contributed by atoms with Crippen molar-refractivity contribution in [3.05, 3.63) is 83.4 Å². The Kier molecular flexibility index (Phi) is 11.4. The zero-order valence-corrected chi connectivity index (χ0v) is 24.0. The smallest absolute Gasteiger partial charge is 0.201 e. The predicted octanol–water partition coefficient (Wildman–Crippen LogP) is 10.5. The monoisotopic (exact) mass is 568 g/mol. The second-order valence-corrected chi connectivity index (χ2v) is 10.8. The van der Waals surface area contributed by atoms with Crippen LogP contribution < -0.4 is 4.74 Å². The van der Waals surface area contributed by atoms with Gasteiger partial charge in [-0.2, -0.15) is 4.39 Å². The molecule has 0 N–H and O–H groups in total. The molecule has 3 aromatic rings. The molecule has 1 saturated heterocycles. The Balaban J connectivity index is 1.35. The molecule has 0 spiro atoms. The summed E-state index contributed by atoms with van der Waals surface area (Å²) in [4.78, 5) is 0. The second kappa shape index (κ2) is 15.2. The van der Waals surface area contributed by atoms with Gasteiger partial charge in [0.1, 0.15) is 0 Å². The zero-order chi connectivity index (χ0) is 29.2.